The molecule has 27 heavy (non-hydrogen) atoms. The molecule has 2 amide bonds. The van der Waals surface area contributed by atoms with Gasteiger partial charge < -0.3 is 10.6 Å². The summed E-state index contributed by atoms with van der Waals surface area (Å²) in [5, 5.41) is 6.65. The van der Waals surface area contributed by atoms with E-state index in [1.165, 1.54) is 0 Å². The lowest BCUT2D eigenvalue weighted by Gasteiger charge is -2.09. The van der Waals surface area contributed by atoms with Crippen LogP contribution >= 0.6 is 0 Å². The predicted molar refractivity (Wildman–Crippen MR) is 95.8 cm³/mol. The second kappa shape index (κ2) is 7.90. The summed E-state index contributed by atoms with van der Waals surface area (Å²) in [6.45, 7) is 0.00277. The fourth-order valence-corrected chi connectivity index (χ4v) is 2.56. The zero-order valence-electron chi connectivity index (χ0n) is 14.1. The van der Waals surface area contributed by atoms with Crippen LogP contribution in [0.4, 0.5) is 18.9 Å². The zero-order chi connectivity index (χ0) is 19.4. The van der Waals surface area contributed by atoms with Gasteiger partial charge in [-0.25, -0.2) is 13.2 Å². The average molecular weight is 372 g/mol. The Hall–Kier alpha value is -3.35. The fraction of sp³-hybridized carbons (Fsp3) is 0.100. The Morgan fingerprint density at radius 2 is 1.59 bits per heavy atom. The SMILES string of the molecule is O=C(CCNC(=O)c1ccc2ccccc2c1)Nc1ccc(F)c(F)c1F. The standard InChI is InChI=1S/C20H15F3N2O2/c21-15-7-8-16(19(23)18(15)22)25-17(26)9-10-24-20(27)14-6-5-12-3-1-2-4-13(12)11-14/h1-8,11H,9-10H2,(H,24,27)(H,25,26). The van der Waals surface area contributed by atoms with Crippen LogP contribution < -0.4 is 10.6 Å². The van der Waals surface area contributed by atoms with Crippen LogP contribution in [0.5, 0.6) is 0 Å². The van der Waals surface area contributed by atoms with Crippen molar-refractivity contribution in [2.75, 3.05) is 11.9 Å². The number of nitrogens with one attached hydrogen (secondary N) is 2. The molecule has 0 radical (unpaired) electrons. The molecule has 0 unspecified atom stereocenters. The number of carbonyl (C=O) groups is 2. The summed E-state index contributed by atoms with van der Waals surface area (Å²) in [4.78, 5) is 24.0. The van der Waals surface area contributed by atoms with Gasteiger partial charge in [-0.1, -0.05) is 30.3 Å². The molecule has 2 N–H and O–H groups in total. The summed E-state index contributed by atoms with van der Waals surface area (Å²) in [6, 6.07) is 14.5. The van der Waals surface area contributed by atoms with Crippen LogP contribution in [-0.2, 0) is 4.79 Å². The molecule has 138 valence electrons. The number of hydrogen-bond donors (Lipinski definition) is 2. The van der Waals surface area contributed by atoms with Crippen LogP contribution in [0.2, 0.25) is 0 Å². The highest BCUT2D eigenvalue weighted by Gasteiger charge is 2.15. The molecule has 4 nitrogen and oxygen atoms in total. The third kappa shape index (κ3) is 4.25. The topological polar surface area (TPSA) is 58.2 Å². The number of amides is 2. The minimum Gasteiger partial charge on any atom is -0.352 e. The van der Waals surface area contributed by atoms with E-state index in [1.54, 1.807) is 12.1 Å². The molecule has 0 aliphatic carbocycles. The minimum atomic E-state index is -1.66. The molecular weight excluding hydrogens is 357 g/mol. The lowest BCUT2D eigenvalue weighted by Crippen LogP contribution is -2.27. The highest BCUT2D eigenvalue weighted by molar-refractivity contribution is 5.99. The Bertz CT molecular complexity index is 1020. The molecule has 0 saturated heterocycles. The van der Waals surface area contributed by atoms with Gasteiger partial charge in [0.1, 0.15) is 0 Å². The van der Waals surface area contributed by atoms with Crippen LogP contribution in [0, 0.1) is 17.5 Å². The minimum absolute atomic E-state index is 0.00277. The normalized spacial score (nSPS) is 10.6. The molecule has 3 aromatic carbocycles. The van der Waals surface area contributed by atoms with Gasteiger partial charge in [-0.3, -0.25) is 9.59 Å². The van der Waals surface area contributed by atoms with E-state index in [0.717, 1.165) is 22.9 Å². The van der Waals surface area contributed by atoms with Gasteiger partial charge in [0.05, 0.1) is 5.69 Å². The molecule has 0 spiro atoms. The van der Waals surface area contributed by atoms with Crippen LogP contribution in [-0.4, -0.2) is 18.4 Å². The Labute approximate surface area is 153 Å². The highest BCUT2D eigenvalue weighted by Crippen LogP contribution is 2.19. The summed E-state index contributed by atoms with van der Waals surface area (Å²) in [6.07, 6.45) is -0.155. The largest absolute Gasteiger partial charge is 0.352 e. The molecule has 0 aliphatic rings. The second-order valence-corrected chi connectivity index (χ2v) is 5.84. The van der Waals surface area contributed by atoms with Gasteiger partial charge in [0.15, 0.2) is 17.5 Å². The van der Waals surface area contributed by atoms with Gasteiger partial charge in [0.2, 0.25) is 5.91 Å². The maximum atomic E-state index is 13.5. The van der Waals surface area contributed by atoms with Crippen molar-refractivity contribution in [3.8, 4) is 0 Å². The molecule has 0 atom stereocenters. The third-order valence-corrected chi connectivity index (χ3v) is 3.96. The fourth-order valence-electron chi connectivity index (χ4n) is 2.56. The van der Waals surface area contributed by atoms with Crippen LogP contribution in [0.25, 0.3) is 10.8 Å². The van der Waals surface area contributed by atoms with E-state index in [2.05, 4.69) is 10.6 Å². The number of hydrogen-bond acceptors (Lipinski definition) is 2. The number of fused-ring (bicyclic) bond motifs is 1. The number of halogens is 3. The Morgan fingerprint density at radius 3 is 2.37 bits per heavy atom. The molecule has 0 aromatic heterocycles. The second-order valence-electron chi connectivity index (χ2n) is 5.84. The van der Waals surface area contributed by atoms with E-state index in [0.29, 0.717) is 5.56 Å². The molecule has 0 heterocycles. The van der Waals surface area contributed by atoms with Crippen LogP contribution in [0.15, 0.2) is 54.6 Å². The van der Waals surface area contributed by atoms with Crippen molar-refractivity contribution < 1.29 is 22.8 Å². The molecule has 3 aromatic rings. The maximum Gasteiger partial charge on any atom is 0.251 e. The monoisotopic (exact) mass is 372 g/mol. The molecule has 0 fully saturated rings. The molecular formula is C20H15F3N2O2. The molecule has 0 bridgehead atoms. The van der Waals surface area contributed by atoms with Gasteiger partial charge in [-0.05, 0) is 35.0 Å². The number of benzene rings is 3. The van der Waals surface area contributed by atoms with Crippen molar-refractivity contribution in [2.24, 2.45) is 0 Å². The Morgan fingerprint density at radius 1 is 0.852 bits per heavy atom. The quantitative estimate of drug-likeness (QED) is 0.665. The summed E-state index contributed by atoms with van der Waals surface area (Å²) in [7, 11) is 0. The van der Waals surface area contributed by atoms with E-state index >= 15 is 0 Å². The number of anilines is 1. The highest BCUT2D eigenvalue weighted by atomic mass is 19.2. The van der Waals surface area contributed by atoms with E-state index in [9.17, 15) is 22.8 Å². The van der Waals surface area contributed by atoms with Crippen molar-refractivity contribution in [3.63, 3.8) is 0 Å². The van der Waals surface area contributed by atoms with Crippen molar-refractivity contribution in [1.29, 1.82) is 0 Å². The maximum absolute atomic E-state index is 13.5. The average Bonchev–Trinajstić information content (AvgIpc) is 2.68. The van der Waals surface area contributed by atoms with Crippen molar-refractivity contribution >= 4 is 28.3 Å². The Balaban J connectivity index is 1.55. The molecule has 0 aliphatic heterocycles. The van der Waals surface area contributed by atoms with Crippen LogP contribution in [0.3, 0.4) is 0 Å². The van der Waals surface area contributed by atoms with E-state index in [4.69, 9.17) is 0 Å². The summed E-state index contributed by atoms with van der Waals surface area (Å²) < 4.78 is 39.5. The van der Waals surface area contributed by atoms with Crippen molar-refractivity contribution in [1.82, 2.24) is 5.32 Å². The van der Waals surface area contributed by atoms with Gasteiger partial charge in [0, 0.05) is 18.5 Å². The molecule has 0 saturated carbocycles. The Kier molecular flexibility index (Phi) is 5.40. The molecule has 7 heteroatoms. The van der Waals surface area contributed by atoms with E-state index in [1.807, 2.05) is 30.3 Å². The van der Waals surface area contributed by atoms with Crippen molar-refractivity contribution in [2.45, 2.75) is 6.42 Å². The lowest BCUT2D eigenvalue weighted by molar-refractivity contribution is -0.116. The summed E-state index contributed by atoms with van der Waals surface area (Å²) in [5.74, 6) is -5.46. The third-order valence-electron chi connectivity index (χ3n) is 3.96. The first kappa shape index (κ1) is 18.4. The first-order valence-corrected chi connectivity index (χ1v) is 8.16. The van der Waals surface area contributed by atoms with Crippen LogP contribution in [0.1, 0.15) is 16.8 Å². The van der Waals surface area contributed by atoms with E-state index in [-0.39, 0.29) is 18.9 Å². The predicted octanol–water partition coefficient (Wildman–Crippen LogP) is 4.02. The molecule has 3 rings (SSSR count). The summed E-state index contributed by atoms with van der Waals surface area (Å²) >= 11 is 0. The van der Waals surface area contributed by atoms with Crippen molar-refractivity contribution in [3.05, 3.63) is 77.6 Å². The summed E-state index contributed by atoms with van der Waals surface area (Å²) in [5.41, 5.74) is -0.0134. The van der Waals surface area contributed by atoms with Gasteiger partial charge in [-0.15, -0.1) is 0 Å². The first-order chi connectivity index (χ1) is 13.0. The first-order valence-electron chi connectivity index (χ1n) is 8.16. The van der Waals surface area contributed by atoms with Gasteiger partial charge in [-0.2, -0.15) is 0 Å². The lowest BCUT2D eigenvalue weighted by atomic mass is 10.1. The zero-order valence-corrected chi connectivity index (χ0v) is 14.1. The smallest absolute Gasteiger partial charge is 0.251 e. The van der Waals surface area contributed by atoms with E-state index < -0.39 is 29.0 Å². The number of carbonyl (C=O) groups excluding carboxylic acids is 2. The van der Waals surface area contributed by atoms with Gasteiger partial charge in [0.25, 0.3) is 5.91 Å². The van der Waals surface area contributed by atoms with Gasteiger partial charge >= 0.3 is 0 Å². The number of rotatable bonds is 5.